The van der Waals surface area contributed by atoms with Gasteiger partial charge in [-0.25, -0.2) is 17.5 Å². The first-order chi connectivity index (χ1) is 13.6. The second kappa shape index (κ2) is 8.12. The molecule has 0 aliphatic heterocycles. The molecule has 0 radical (unpaired) electrons. The number of aliphatic hydroxyl groups excluding tert-OH is 1. The lowest BCUT2D eigenvalue weighted by atomic mass is 10.1. The first kappa shape index (κ1) is 21.9. The van der Waals surface area contributed by atoms with Crippen LogP contribution in [0.2, 0.25) is 10.0 Å². The smallest absolute Gasteiger partial charge is 0.329 e. The highest BCUT2D eigenvalue weighted by Gasteiger charge is 2.22. The Labute approximate surface area is 178 Å². The van der Waals surface area contributed by atoms with Crippen molar-refractivity contribution >= 4 is 44.3 Å². The lowest BCUT2D eigenvalue weighted by Gasteiger charge is -2.15. The van der Waals surface area contributed by atoms with E-state index in [-0.39, 0.29) is 17.1 Å². The molecular weight excluding hydrogens is 437 g/mol. The van der Waals surface area contributed by atoms with Crippen LogP contribution in [0, 0.1) is 0 Å². The molecule has 1 aromatic heterocycles. The van der Waals surface area contributed by atoms with Crippen LogP contribution >= 0.6 is 23.2 Å². The zero-order chi connectivity index (χ0) is 21.5. The van der Waals surface area contributed by atoms with Gasteiger partial charge in [-0.3, -0.25) is 9.13 Å². The minimum atomic E-state index is -3.68. The number of hydrogen-bond acceptors (Lipinski definition) is 4. The average molecular weight is 458 g/mol. The van der Waals surface area contributed by atoms with Gasteiger partial charge in [-0.1, -0.05) is 23.2 Å². The van der Waals surface area contributed by atoms with Gasteiger partial charge in [-0.05, 0) is 43.3 Å². The number of aryl methyl sites for hydroxylation is 1. The summed E-state index contributed by atoms with van der Waals surface area (Å²) in [5, 5.41) is 11.5. The van der Waals surface area contributed by atoms with E-state index in [0.29, 0.717) is 33.2 Å². The topological polar surface area (TPSA) is 84.5 Å². The summed E-state index contributed by atoms with van der Waals surface area (Å²) in [6.45, 7) is 2.11. The first-order valence-corrected chi connectivity index (χ1v) is 11.1. The van der Waals surface area contributed by atoms with Crippen LogP contribution in [0.5, 0.6) is 0 Å². The molecule has 0 saturated carbocycles. The molecule has 1 N–H and O–H groups in total. The summed E-state index contributed by atoms with van der Waals surface area (Å²) in [5.41, 5.74) is 1.04. The molecule has 0 fully saturated rings. The van der Waals surface area contributed by atoms with Gasteiger partial charge in [0.2, 0.25) is 10.0 Å². The average Bonchev–Trinajstić information content (AvgIpc) is 2.93. The molecule has 1 heterocycles. The molecule has 2 aromatic carbocycles. The Morgan fingerprint density at radius 1 is 1.07 bits per heavy atom. The van der Waals surface area contributed by atoms with Crippen LogP contribution in [0.1, 0.15) is 18.6 Å². The Morgan fingerprint density at radius 3 is 2.38 bits per heavy atom. The molecule has 0 aliphatic carbocycles. The van der Waals surface area contributed by atoms with E-state index in [1.807, 2.05) is 6.92 Å². The van der Waals surface area contributed by atoms with E-state index in [2.05, 4.69) is 0 Å². The molecule has 29 heavy (non-hydrogen) atoms. The number of hydrogen-bond donors (Lipinski definition) is 1. The molecular formula is C19H21Cl2N3O4S. The number of halogens is 2. The Hall–Kier alpha value is -1.84. The number of nitrogens with zero attached hydrogens (tertiary/aromatic N) is 3. The minimum Gasteiger partial charge on any atom is -0.386 e. The molecule has 0 aliphatic rings. The fraction of sp³-hybridized carbons (Fsp3) is 0.316. The number of aromatic nitrogens is 2. The van der Waals surface area contributed by atoms with E-state index in [9.17, 15) is 18.3 Å². The second-order valence-corrected chi connectivity index (χ2v) is 9.75. The fourth-order valence-corrected chi connectivity index (χ4v) is 4.54. The van der Waals surface area contributed by atoms with Crippen LogP contribution < -0.4 is 5.69 Å². The lowest BCUT2D eigenvalue weighted by Crippen LogP contribution is -2.26. The van der Waals surface area contributed by atoms with Gasteiger partial charge in [-0.2, -0.15) is 0 Å². The third kappa shape index (κ3) is 3.95. The molecule has 156 valence electrons. The summed E-state index contributed by atoms with van der Waals surface area (Å²) in [5.74, 6) is 0. The molecule has 1 atom stereocenters. The second-order valence-electron chi connectivity index (χ2n) is 6.76. The van der Waals surface area contributed by atoms with Crippen molar-refractivity contribution in [2.45, 2.75) is 31.0 Å². The maximum Gasteiger partial charge on any atom is 0.329 e. The van der Waals surface area contributed by atoms with E-state index in [1.165, 1.54) is 35.4 Å². The maximum atomic E-state index is 12.9. The van der Waals surface area contributed by atoms with Gasteiger partial charge in [0.05, 0.1) is 28.6 Å². The molecule has 1 unspecified atom stereocenters. The molecule has 7 nitrogen and oxygen atoms in total. The molecule has 3 rings (SSSR count). The molecule has 10 heteroatoms. The van der Waals surface area contributed by atoms with Gasteiger partial charge in [0.25, 0.3) is 0 Å². The number of imidazole rings is 1. The van der Waals surface area contributed by atoms with Crippen LogP contribution in [0.15, 0.2) is 46.1 Å². The minimum absolute atomic E-state index is 0.0623. The molecule has 0 spiro atoms. The Kier molecular flexibility index (Phi) is 6.12. The Bertz CT molecular complexity index is 1230. The van der Waals surface area contributed by atoms with Crippen molar-refractivity contribution in [3.05, 3.63) is 62.5 Å². The van der Waals surface area contributed by atoms with Crippen LogP contribution in [0.25, 0.3) is 11.0 Å². The predicted octanol–water partition coefficient (Wildman–Crippen LogP) is 3.11. The first-order valence-electron chi connectivity index (χ1n) is 8.86. The number of rotatable bonds is 6. The van der Waals surface area contributed by atoms with Crippen LogP contribution in [-0.2, 0) is 23.1 Å². The number of aliphatic hydroxyl groups is 1. The van der Waals surface area contributed by atoms with Crippen LogP contribution in [-0.4, -0.2) is 41.1 Å². The van der Waals surface area contributed by atoms with Crippen molar-refractivity contribution in [1.29, 1.82) is 0 Å². The highest BCUT2D eigenvalue weighted by Crippen LogP contribution is 2.28. The molecule has 0 saturated heterocycles. The van der Waals surface area contributed by atoms with E-state index < -0.39 is 16.1 Å². The number of sulfonamides is 1. The van der Waals surface area contributed by atoms with Crippen molar-refractivity contribution in [3.8, 4) is 0 Å². The standard InChI is InChI=1S/C19H21Cl2N3O4S/c1-4-23-16-8-6-13(29(27,28)22(2)3)10-17(16)24(19(23)26)11-18(25)14-9-12(20)5-7-15(14)21/h5-10,18,25H,4,11H2,1-3H3. The summed E-state index contributed by atoms with van der Waals surface area (Å²) in [4.78, 5) is 13.0. The summed E-state index contributed by atoms with van der Waals surface area (Å²) >= 11 is 12.2. The van der Waals surface area contributed by atoms with Crippen LogP contribution in [0.3, 0.4) is 0 Å². The molecule has 0 amide bonds. The van der Waals surface area contributed by atoms with E-state index in [0.717, 1.165) is 4.31 Å². The van der Waals surface area contributed by atoms with Crippen molar-refractivity contribution < 1.29 is 13.5 Å². The SMILES string of the molecule is CCn1c(=O)n(CC(O)c2cc(Cl)ccc2Cl)c2cc(S(=O)(=O)N(C)C)ccc21. The highest BCUT2D eigenvalue weighted by atomic mass is 35.5. The summed E-state index contributed by atoms with van der Waals surface area (Å²) in [6, 6.07) is 9.24. The highest BCUT2D eigenvalue weighted by molar-refractivity contribution is 7.89. The third-order valence-electron chi connectivity index (χ3n) is 4.76. The van der Waals surface area contributed by atoms with Gasteiger partial charge in [0.1, 0.15) is 0 Å². The zero-order valence-electron chi connectivity index (χ0n) is 16.1. The van der Waals surface area contributed by atoms with E-state index >= 15 is 0 Å². The quantitative estimate of drug-likeness (QED) is 0.615. The van der Waals surface area contributed by atoms with Gasteiger partial charge >= 0.3 is 5.69 Å². The normalized spacial score (nSPS) is 13.3. The van der Waals surface area contributed by atoms with Crippen molar-refractivity contribution in [3.63, 3.8) is 0 Å². The Morgan fingerprint density at radius 2 is 1.76 bits per heavy atom. The fourth-order valence-electron chi connectivity index (χ4n) is 3.19. The van der Waals surface area contributed by atoms with Crippen molar-refractivity contribution in [2.75, 3.05) is 14.1 Å². The van der Waals surface area contributed by atoms with Gasteiger partial charge in [0.15, 0.2) is 0 Å². The molecule has 3 aromatic rings. The van der Waals surface area contributed by atoms with Crippen molar-refractivity contribution in [2.24, 2.45) is 0 Å². The van der Waals surface area contributed by atoms with Crippen molar-refractivity contribution in [1.82, 2.24) is 13.4 Å². The maximum absolute atomic E-state index is 12.9. The third-order valence-corrected chi connectivity index (χ3v) is 7.15. The monoisotopic (exact) mass is 457 g/mol. The lowest BCUT2D eigenvalue weighted by molar-refractivity contribution is 0.156. The molecule has 0 bridgehead atoms. The number of fused-ring (bicyclic) bond motifs is 1. The van der Waals surface area contributed by atoms with Gasteiger partial charge < -0.3 is 5.11 Å². The summed E-state index contributed by atoms with van der Waals surface area (Å²) < 4.78 is 29.0. The predicted molar refractivity (Wildman–Crippen MR) is 114 cm³/mol. The summed E-state index contributed by atoms with van der Waals surface area (Å²) in [6.07, 6.45) is -1.11. The number of benzene rings is 2. The van der Waals surface area contributed by atoms with Gasteiger partial charge in [0, 0.05) is 36.2 Å². The Balaban J connectivity index is 2.17. The largest absolute Gasteiger partial charge is 0.386 e. The summed E-state index contributed by atoms with van der Waals surface area (Å²) in [7, 11) is -0.802. The van der Waals surface area contributed by atoms with Gasteiger partial charge in [-0.15, -0.1) is 0 Å². The zero-order valence-corrected chi connectivity index (χ0v) is 18.5. The van der Waals surface area contributed by atoms with E-state index in [1.54, 1.807) is 24.3 Å². The van der Waals surface area contributed by atoms with E-state index in [4.69, 9.17) is 23.2 Å². The van der Waals surface area contributed by atoms with Crippen LogP contribution in [0.4, 0.5) is 0 Å².